The topological polar surface area (TPSA) is 35.2 Å². The molecule has 1 aliphatic carbocycles. The lowest BCUT2D eigenvalue weighted by Crippen LogP contribution is -2.47. The Balaban J connectivity index is 2.60. The molecule has 2 heteroatoms. The van der Waals surface area contributed by atoms with Crippen molar-refractivity contribution < 1.29 is 4.74 Å². The number of hydrogen-bond donors (Lipinski definition) is 1. The van der Waals surface area contributed by atoms with Crippen LogP contribution in [-0.2, 0) is 4.74 Å². The molecule has 0 aromatic heterocycles. The molecule has 96 valence electrons. The molecule has 4 atom stereocenters. The molecule has 0 aromatic rings. The molecule has 0 heterocycles. The van der Waals surface area contributed by atoms with Crippen molar-refractivity contribution >= 4 is 0 Å². The van der Waals surface area contributed by atoms with Crippen LogP contribution in [0.1, 0.15) is 47.0 Å². The smallest absolute Gasteiger partial charge is 0.0747 e. The Labute approximate surface area is 101 Å². The molecular weight excluding hydrogens is 198 g/mol. The fourth-order valence-corrected chi connectivity index (χ4v) is 3.47. The first-order valence-electron chi connectivity index (χ1n) is 6.74. The Morgan fingerprint density at radius 2 is 1.56 bits per heavy atom. The Morgan fingerprint density at radius 3 is 1.94 bits per heavy atom. The van der Waals surface area contributed by atoms with Gasteiger partial charge in [-0.25, -0.2) is 0 Å². The van der Waals surface area contributed by atoms with Gasteiger partial charge in [-0.2, -0.15) is 0 Å². The molecule has 0 saturated heterocycles. The van der Waals surface area contributed by atoms with Gasteiger partial charge in [0.2, 0.25) is 0 Å². The molecule has 1 saturated carbocycles. The highest BCUT2D eigenvalue weighted by Gasteiger charge is 2.33. The van der Waals surface area contributed by atoms with Crippen LogP contribution >= 0.6 is 0 Å². The maximum absolute atomic E-state index is 6.40. The minimum atomic E-state index is 0.204. The molecule has 0 aliphatic heterocycles. The van der Waals surface area contributed by atoms with E-state index in [2.05, 4.69) is 27.7 Å². The van der Waals surface area contributed by atoms with Gasteiger partial charge >= 0.3 is 0 Å². The first kappa shape index (κ1) is 14.0. The third kappa shape index (κ3) is 3.46. The van der Waals surface area contributed by atoms with Gasteiger partial charge in [0.1, 0.15) is 0 Å². The Bertz CT molecular complexity index is 195. The molecule has 4 unspecified atom stereocenters. The highest BCUT2D eigenvalue weighted by molar-refractivity contribution is 4.87. The zero-order valence-electron chi connectivity index (χ0n) is 11.6. The summed E-state index contributed by atoms with van der Waals surface area (Å²) in [6.45, 7) is 9.10. The molecule has 0 aromatic carbocycles. The minimum absolute atomic E-state index is 0.204. The van der Waals surface area contributed by atoms with Crippen molar-refractivity contribution in [1.82, 2.24) is 0 Å². The number of rotatable bonds is 4. The SMILES string of the molecule is COC(C(C)C)C(N)C1CC(C)CC(C)C1. The molecular formula is C14H29NO. The van der Waals surface area contributed by atoms with Crippen molar-refractivity contribution in [3.05, 3.63) is 0 Å². The van der Waals surface area contributed by atoms with Gasteiger partial charge < -0.3 is 10.5 Å². The van der Waals surface area contributed by atoms with Crippen LogP contribution in [0.3, 0.4) is 0 Å². The summed E-state index contributed by atoms with van der Waals surface area (Å²) in [7, 11) is 1.79. The van der Waals surface area contributed by atoms with Crippen LogP contribution in [0.2, 0.25) is 0 Å². The minimum Gasteiger partial charge on any atom is -0.380 e. The summed E-state index contributed by atoms with van der Waals surface area (Å²) >= 11 is 0. The zero-order valence-corrected chi connectivity index (χ0v) is 11.6. The number of ether oxygens (including phenoxy) is 1. The van der Waals surface area contributed by atoms with E-state index < -0.39 is 0 Å². The number of hydrogen-bond acceptors (Lipinski definition) is 2. The summed E-state index contributed by atoms with van der Waals surface area (Å²) in [5, 5.41) is 0. The first-order chi connectivity index (χ1) is 7.45. The predicted molar refractivity (Wildman–Crippen MR) is 69.3 cm³/mol. The summed E-state index contributed by atoms with van der Waals surface area (Å²) < 4.78 is 5.57. The van der Waals surface area contributed by atoms with Crippen molar-refractivity contribution in [1.29, 1.82) is 0 Å². The van der Waals surface area contributed by atoms with E-state index in [1.807, 2.05) is 0 Å². The van der Waals surface area contributed by atoms with E-state index in [4.69, 9.17) is 10.5 Å². The average molecular weight is 227 g/mol. The Kier molecular flexibility index (Phi) is 5.26. The van der Waals surface area contributed by atoms with E-state index in [-0.39, 0.29) is 12.1 Å². The van der Waals surface area contributed by atoms with Gasteiger partial charge in [0.25, 0.3) is 0 Å². The fourth-order valence-electron chi connectivity index (χ4n) is 3.47. The molecule has 0 bridgehead atoms. The average Bonchev–Trinajstić information content (AvgIpc) is 2.16. The molecule has 16 heavy (non-hydrogen) atoms. The summed E-state index contributed by atoms with van der Waals surface area (Å²) in [5.41, 5.74) is 6.40. The van der Waals surface area contributed by atoms with Crippen molar-refractivity contribution in [3.8, 4) is 0 Å². The maximum Gasteiger partial charge on any atom is 0.0747 e. The van der Waals surface area contributed by atoms with E-state index in [9.17, 15) is 0 Å². The van der Waals surface area contributed by atoms with E-state index in [0.717, 1.165) is 11.8 Å². The molecule has 2 N–H and O–H groups in total. The van der Waals surface area contributed by atoms with Gasteiger partial charge in [0.15, 0.2) is 0 Å². The van der Waals surface area contributed by atoms with Gasteiger partial charge in [-0.3, -0.25) is 0 Å². The van der Waals surface area contributed by atoms with Crippen LogP contribution < -0.4 is 5.73 Å². The van der Waals surface area contributed by atoms with E-state index in [1.165, 1.54) is 19.3 Å². The van der Waals surface area contributed by atoms with Crippen molar-refractivity contribution in [2.45, 2.75) is 59.1 Å². The second kappa shape index (κ2) is 6.02. The van der Waals surface area contributed by atoms with Crippen LogP contribution in [0, 0.1) is 23.7 Å². The molecule has 1 fully saturated rings. The number of methoxy groups -OCH3 is 1. The van der Waals surface area contributed by atoms with Crippen LogP contribution in [0.4, 0.5) is 0 Å². The first-order valence-corrected chi connectivity index (χ1v) is 6.74. The largest absolute Gasteiger partial charge is 0.380 e. The second-order valence-corrected chi connectivity index (χ2v) is 6.20. The normalized spacial score (nSPS) is 35.1. The third-order valence-corrected chi connectivity index (χ3v) is 4.07. The standard InChI is InChI=1S/C14H29NO/c1-9(2)14(16-5)13(15)12-7-10(3)6-11(4)8-12/h9-14H,6-8,15H2,1-5H3. The molecule has 1 aliphatic rings. The van der Waals surface area contributed by atoms with Gasteiger partial charge in [0.05, 0.1) is 6.10 Å². The lowest BCUT2D eigenvalue weighted by Gasteiger charge is -2.38. The lowest BCUT2D eigenvalue weighted by molar-refractivity contribution is 0.0135. The van der Waals surface area contributed by atoms with Crippen molar-refractivity contribution in [2.24, 2.45) is 29.4 Å². The Hall–Kier alpha value is -0.0800. The van der Waals surface area contributed by atoms with E-state index in [0.29, 0.717) is 11.8 Å². The van der Waals surface area contributed by atoms with E-state index >= 15 is 0 Å². The van der Waals surface area contributed by atoms with Gasteiger partial charge in [0, 0.05) is 13.2 Å². The van der Waals surface area contributed by atoms with Crippen LogP contribution in [-0.4, -0.2) is 19.3 Å². The maximum atomic E-state index is 6.40. The quantitative estimate of drug-likeness (QED) is 0.801. The monoisotopic (exact) mass is 227 g/mol. The van der Waals surface area contributed by atoms with Gasteiger partial charge in [-0.1, -0.05) is 27.7 Å². The molecule has 0 spiro atoms. The summed E-state index contributed by atoms with van der Waals surface area (Å²) in [5.74, 6) is 2.80. The zero-order chi connectivity index (χ0) is 12.3. The predicted octanol–water partition coefficient (Wildman–Crippen LogP) is 3.06. The van der Waals surface area contributed by atoms with Crippen LogP contribution in [0.15, 0.2) is 0 Å². The van der Waals surface area contributed by atoms with Gasteiger partial charge in [-0.05, 0) is 42.9 Å². The molecule has 2 nitrogen and oxygen atoms in total. The summed E-state index contributed by atoms with van der Waals surface area (Å²) in [4.78, 5) is 0. The fraction of sp³-hybridized carbons (Fsp3) is 1.00. The molecule has 0 amide bonds. The highest BCUT2D eigenvalue weighted by Crippen LogP contribution is 2.35. The van der Waals surface area contributed by atoms with Crippen molar-refractivity contribution in [3.63, 3.8) is 0 Å². The lowest BCUT2D eigenvalue weighted by atomic mass is 9.72. The van der Waals surface area contributed by atoms with E-state index in [1.54, 1.807) is 7.11 Å². The number of nitrogens with two attached hydrogens (primary N) is 1. The molecule has 0 radical (unpaired) electrons. The van der Waals surface area contributed by atoms with Gasteiger partial charge in [-0.15, -0.1) is 0 Å². The van der Waals surface area contributed by atoms with Crippen LogP contribution in [0.5, 0.6) is 0 Å². The van der Waals surface area contributed by atoms with Crippen molar-refractivity contribution in [2.75, 3.05) is 7.11 Å². The Morgan fingerprint density at radius 1 is 1.06 bits per heavy atom. The highest BCUT2D eigenvalue weighted by atomic mass is 16.5. The second-order valence-electron chi connectivity index (χ2n) is 6.20. The summed E-state index contributed by atoms with van der Waals surface area (Å²) in [6, 6.07) is 0.204. The third-order valence-electron chi connectivity index (χ3n) is 4.07. The van der Waals surface area contributed by atoms with Crippen LogP contribution in [0.25, 0.3) is 0 Å². The molecule has 1 rings (SSSR count). The summed E-state index contributed by atoms with van der Waals surface area (Å²) in [6.07, 6.45) is 4.13.